The van der Waals surface area contributed by atoms with Crippen molar-refractivity contribution < 1.29 is 9.59 Å². The molecule has 0 spiro atoms. The summed E-state index contributed by atoms with van der Waals surface area (Å²) < 4.78 is 0.943. The minimum Gasteiger partial charge on any atom is -0.339 e. The van der Waals surface area contributed by atoms with Crippen LogP contribution in [0, 0.1) is 5.92 Å². The number of hydrogen-bond donors (Lipinski definition) is 0. The van der Waals surface area contributed by atoms with Gasteiger partial charge in [0.2, 0.25) is 5.91 Å². The molecule has 0 N–H and O–H groups in total. The first-order chi connectivity index (χ1) is 10.1. The number of amides is 2. The number of carbonyl (C=O) groups is 2. The van der Waals surface area contributed by atoms with Crippen LogP contribution in [0.5, 0.6) is 0 Å². The van der Waals surface area contributed by atoms with Crippen LogP contribution in [0.15, 0.2) is 15.9 Å². The quantitative estimate of drug-likeness (QED) is 0.813. The van der Waals surface area contributed by atoms with Gasteiger partial charge in [-0.2, -0.15) is 0 Å². The average Bonchev–Trinajstić information content (AvgIpc) is 2.94. The van der Waals surface area contributed by atoms with E-state index in [1.807, 2.05) is 21.2 Å². The van der Waals surface area contributed by atoms with Gasteiger partial charge in [-0.05, 0) is 34.8 Å². The zero-order valence-electron chi connectivity index (χ0n) is 12.5. The summed E-state index contributed by atoms with van der Waals surface area (Å²) >= 11 is 4.82. The molecule has 1 aromatic heterocycles. The monoisotopic (exact) mass is 372 g/mol. The Morgan fingerprint density at radius 3 is 2.24 bits per heavy atom. The zero-order valence-corrected chi connectivity index (χ0v) is 14.9. The molecule has 0 aromatic carbocycles. The van der Waals surface area contributed by atoms with Gasteiger partial charge >= 0.3 is 0 Å². The minimum atomic E-state index is 0.0698. The molecule has 0 aliphatic carbocycles. The van der Waals surface area contributed by atoms with Gasteiger partial charge in [-0.25, -0.2) is 0 Å². The van der Waals surface area contributed by atoms with Gasteiger partial charge in [0.25, 0.3) is 5.91 Å². The molecule has 21 heavy (non-hydrogen) atoms. The van der Waals surface area contributed by atoms with Crippen molar-refractivity contribution in [3.05, 3.63) is 20.8 Å². The lowest BCUT2D eigenvalue weighted by Crippen LogP contribution is -2.51. The van der Waals surface area contributed by atoms with Crippen LogP contribution in [0.2, 0.25) is 0 Å². The highest BCUT2D eigenvalue weighted by molar-refractivity contribution is 9.10. The molecular formula is C15H21BrN2O2S. The van der Waals surface area contributed by atoms with E-state index in [0.717, 1.165) is 22.2 Å². The Kier molecular flexibility index (Phi) is 5.81. The highest BCUT2D eigenvalue weighted by Gasteiger charge is 2.28. The molecular weight excluding hydrogens is 352 g/mol. The Morgan fingerprint density at radius 2 is 1.76 bits per heavy atom. The molecule has 1 fully saturated rings. The number of halogens is 1. The van der Waals surface area contributed by atoms with Gasteiger partial charge in [0.15, 0.2) is 0 Å². The van der Waals surface area contributed by atoms with Crippen molar-refractivity contribution in [3.63, 3.8) is 0 Å². The van der Waals surface area contributed by atoms with E-state index in [9.17, 15) is 9.59 Å². The number of piperazine rings is 1. The van der Waals surface area contributed by atoms with E-state index in [-0.39, 0.29) is 17.7 Å². The molecule has 0 atom stereocenters. The second-order valence-electron chi connectivity index (χ2n) is 5.26. The maximum absolute atomic E-state index is 12.3. The molecule has 4 nitrogen and oxygen atoms in total. The number of rotatable bonds is 4. The number of nitrogens with zero attached hydrogens (tertiary/aromatic N) is 2. The molecule has 0 bridgehead atoms. The maximum Gasteiger partial charge on any atom is 0.264 e. The molecule has 1 saturated heterocycles. The molecule has 1 aliphatic heterocycles. The van der Waals surface area contributed by atoms with Crippen molar-refractivity contribution >= 4 is 39.1 Å². The normalized spacial score (nSPS) is 15.6. The lowest BCUT2D eigenvalue weighted by Gasteiger charge is -2.36. The van der Waals surface area contributed by atoms with Gasteiger partial charge in [0.1, 0.15) is 0 Å². The van der Waals surface area contributed by atoms with Crippen molar-refractivity contribution in [2.24, 2.45) is 5.92 Å². The minimum absolute atomic E-state index is 0.0698. The first-order valence-electron chi connectivity index (χ1n) is 7.38. The Hall–Kier alpha value is -0.880. The second kappa shape index (κ2) is 7.40. The van der Waals surface area contributed by atoms with Crippen LogP contribution in [0.4, 0.5) is 0 Å². The van der Waals surface area contributed by atoms with Gasteiger partial charge in [-0.1, -0.05) is 13.8 Å². The fourth-order valence-electron chi connectivity index (χ4n) is 2.61. The highest BCUT2D eigenvalue weighted by atomic mass is 79.9. The van der Waals surface area contributed by atoms with Crippen molar-refractivity contribution in [2.75, 3.05) is 26.2 Å². The molecule has 0 unspecified atom stereocenters. The first-order valence-corrected chi connectivity index (χ1v) is 9.06. The number of hydrogen-bond acceptors (Lipinski definition) is 3. The molecule has 0 radical (unpaired) electrons. The predicted octanol–water partition coefficient (Wildman–Crippen LogP) is 3.23. The van der Waals surface area contributed by atoms with E-state index in [0.29, 0.717) is 26.2 Å². The van der Waals surface area contributed by atoms with Crippen LogP contribution in [-0.2, 0) is 4.79 Å². The topological polar surface area (TPSA) is 40.6 Å². The molecule has 6 heteroatoms. The Labute approximate surface area is 138 Å². The van der Waals surface area contributed by atoms with Gasteiger partial charge < -0.3 is 9.80 Å². The summed E-state index contributed by atoms with van der Waals surface area (Å²) in [6.07, 6.45) is 1.77. The van der Waals surface area contributed by atoms with Gasteiger partial charge in [0, 0.05) is 41.9 Å². The van der Waals surface area contributed by atoms with Crippen LogP contribution >= 0.6 is 27.3 Å². The molecule has 2 heterocycles. The van der Waals surface area contributed by atoms with Crippen molar-refractivity contribution in [3.8, 4) is 0 Å². The maximum atomic E-state index is 12.3. The third-order valence-electron chi connectivity index (χ3n) is 3.99. The lowest BCUT2D eigenvalue weighted by atomic mass is 10.0. The molecule has 1 aliphatic rings. The van der Waals surface area contributed by atoms with E-state index < -0.39 is 0 Å². The molecule has 1 aromatic rings. The number of carbonyl (C=O) groups excluding carboxylic acids is 2. The van der Waals surface area contributed by atoms with Crippen LogP contribution in [0.25, 0.3) is 0 Å². The fourth-order valence-corrected chi connectivity index (χ4v) is 4.00. The van der Waals surface area contributed by atoms with Crippen LogP contribution < -0.4 is 0 Å². The highest BCUT2D eigenvalue weighted by Crippen LogP contribution is 2.22. The molecule has 116 valence electrons. The lowest BCUT2D eigenvalue weighted by molar-refractivity contribution is -0.137. The van der Waals surface area contributed by atoms with Crippen LogP contribution in [0.3, 0.4) is 0 Å². The molecule has 2 rings (SSSR count). The van der Waals surface area contributed by atoms with Crippen LogP contribution in [-0.4, -0.2) is 47.8 Å². The standard InChI is InChI=1S/C15H21BrN2O2S/c1-3-11(4-2)14(19)17-5-7-18(8-6-17)15(20)13-9-12(16)10-21-13/h9-11H,3-8H2,1-2H3. The van der Waals surface area contributed by atoms with E-state index in [1.165, 1.54) is 11.3 Å². The summed E-state index contributed by atoms with van der Waals surface area (Å²) in [5.41, 5.74) is 0. The van der Waals surface area contributed by atoms with Gasteiger partial charge in [-0.3, -0.25) is 9.59 Å². The van der Waals surface area contributed by atoms with Crippen molar-refractivity contribution in [2.45, 2.75) is 26.7 Å². The summed E-state index contributed by atoms with van der Waals surface area (Å²) in [5, 5.41) is 1.92. The largest absolute Gasteiger partial charge is 0.339 e. The predicted molar refractivity (Wildman–Crippen MR) is 88.6 cm³/mol. The summed E-state index contributed by atoms with van der Waals surface area (Å²) in [7, 11) is 0. The average molecular weight is 373 g/mol. The Balaban J connectivity index is 1.91. The van der Waals surface area contributed by atoms with Gasteiger partial charge in [-0.15, -0.1) is 11.3 Å². The van der Waals surface area contributed by atoms with E-state index in [2.05, 4.69) is 29.8 Å². The SMILES string of the molecule is CCC(CC)C(=O)N1CCN(C(=O)c2cc(Br)cs2)CC1. The second-order valence-corrected chi connectivity index (χ2v) is 7.09. The summed E-state index contributed by atoms with van der Waals surface area (Å²) in [4.78, 5) is 29.2. The summed E-state index contributed by atoms with van der Waals surface area (Å²) in [6, 6.07) is 1.86. The number of thiophene rings is 1. The smallest absolute Gasteiger partial charge is 0.264 e. The third-order valence-corrected chi connectivity index (χ3v) is 5.67. The van der Waals surface area contributed by atoms with E-state index in [1.54, 1.807) is 0 Å². The zero-order chi connectivity index (χ0) is 15.4. The van der Waals surface area contributed by atoms with Crippen molar-refractivity contribution in [1.82, 2.24) is 9.80 Å². The van der Waals surface area contributed by atoms with Crippen molar-refractivity contribution in [1.29, 1.82) is 0 Å². The summed E-state index contributed by atoms with van der Waals surface area (Å²) in [6.45, 7) is 6.66. The van der Waals surface area contributed by atoms with E-state index in [4.69, 9.17) is 0 Å². The summed E-state index contributed by atoms with van der Waals surface area (Å²) in [5.74, 6) is 0.437. The molecule has 2 amide bonds. The Morgan fingerprint density at radius 1 is 1.19 bits per heavy atom. The van der Waals surface area contributed by atoms with Crippen LogP contribution in [0.1, 0.15) is 36.4 Å². The molecule has 0 saturated carbocycles. The first kappa shape index (κ1) is 16.5. The van der Waals surface area contributed by atoms with Gasteiger partial charge in [0.05, 0.1) is 4.88 Å². The third kappa shape index (κ3) is 3.86. The van der Waals surface area contributed by atoms with E-state index >= 15 is 0 Å². The Bertz CT molecular complexity index is 506. The fraction of sp³-hybridized carbons (Fsp3) is 0.600.